The minimum atomic E-state index is -4.73. The van der Waals surface area contributed by atoms with Crippen molar-refractivity contribution in [3.63, 3.8) is 0 Å². The Morgan fingerprint density at radius 2 is 1.96 bits per heavy atom. The van der Waals surface area contributed by atoms with E-state index in [1.807, 2.05) is 0 Å². The maximum Gasteiger partial charge on any atom is 0.417 e. The molecule has 0 amide bonds. The van der Waals surface area contributed by atoms with Crippen molar-refractivity contribution in [2.24, 2.45) is 0 Å². The van der Waals surface area contributed by atoms with E-state index in [2.05, 4.69) is 4.98 Å². The van der Waals surface area contributed by atoms with Crippen molar-refractivity contribution in [1.82, 2.24) is 4.98 Å². The number of alkyl halides is 3. The molecule has 0 saturated carbocycles. The third-order valence-electron chi connectivity index (χ3n) is 3.89. The molecular formula is C18H12Cl2F4N2O2. The normalized spacial score (nSPS) is 13.5. The highest BCUT2D eigenvalue weighted by atomic mass is 35.5. The first-order chi connectivity index (χ1) is 13.1. The lowest BCUT2D eigenvalue weighted by molar-refractivity contribution is -0.148. The lowest BCUT2D eigenvalue weighted by Gasteiger charge is -2.26. The smallest absolute Gasteiger partial charge is 0.417 e. The zero-order valence-corrected chi connectivity index (χ0v) is 15.8. The molecule has 0 aliphatic carbocycles. The van der Waals surface area contributed by atoms with Gasteiger partial charge in [0.05, 0.1) is 29.0 Å². The summed E-state index contributed by atoms with van der Waals surface area (Å²) < 4.78 is 57.8. The van der Waals surface area contributed by atoms with Gasteiger partial charge in [0, 0.05) is 23.2 Å². The average Bonchev–Trinajstić information content (AvgIpc) is 2.62. The quantitative estimate of drug-likeness (QED) is 0.484. The van der Waals surface area contributed by atoms with Gasteiger partial charge < -0.3 is 4.74 Å². The number of halogens is 6. The average molecular weight is 435 g/mol. The van der Waals surface area contributed by atoms with E-state index in [0.717, 1.165) is 6.07 Å². The van der Waals surface area contributed by atoms with Crippen LogP contribution in [0.15, 0.2) is 30.5 Å². The van der Waals surface area contributed by atoms with Crippen molar-refractivity contribution in [1.29, 1.82) is 5.26 Å². The molecule has 10 heteroatoms. The molecule has 0 spiro atoms. The van der Waals surface area contributed by atoms with Crippen LogP contribution >= 0.6 is 23.2 Å². The fourth-order valence-corrected chi connectivity index (χ4v) is 3.08. The second-order valence-electron chi connectivity index (χ2n) is 5.67. The molecule has 148 valence electrons. The maximum atomic E-state index is 14.3. The summed E-state index contributed by atoms with van der Waals surface area (Å²) in [4.78, 5) is 16.2. The van der Waals surface area contributed by atoms with Gasteiger partial charge in [-0.15, -0.1) is 0 Å². The van der Waals surface area contributed by atoms with Crippen LogP contribution in [0.2, 0.25) is 10.0 Å². The maximum absolute atomic E-state index is 14.3. The molecule has 0 bridgehead atoms. The zero-order chi connectivity index (χ0) is 21.1. The molecule has 0 aliphatic heterocycles. The monoisotopic (exact) mass is 434 g/mol. The third kappa shape index (κ3) is 4.21. The Morgan fingerprint density at radius 3 is 2.46 bits per heavy atom. The number of aromatic nitrogens is 1. The fourth-order valence-electron chi connectivity index (χ4n) is 2.52. The number of esters is 1. The van der Waals surface area contributed by atoms with E-state index in [4.69, 9.17) is 27.9 Å². The van der Waals surface area contributed by atoms with E-state index in [1.54, 1.807) is 6.07 Å². The van der Waals surface area contributed by atoms with Gasteiger partial charge >= 0.3 is 12.1 Å². The topological polar surface area (TPSA) is 63.0 Å². The molecule has 1 atom stereocenters. The minimum Gasteiger partial charge on any atom is -0.464 e. The van der Waals surface area contributed by atoms with Crippen molar-refractivity contribution in [3.8, 4) is 6.07 Å². The first kappa shape index (κ1) is 21.9. The van der Waals surface area contributed by atoms with E-state index in [-0.39, 0.29) is 17.2 Å². The predicted octanol–water partition coefficient (Wildman–Crippen LogP) is 5.11. The summed E-state index contributed by atoms with van der Waals surface area (Å²) >= 11 is 11.9. The minimum absolute atomic E-state index is 0.0769. The van der Waals surface area contributed by atoms with E-state index in [0.29, 0.717) is 12.3 Å². The molecule has 1 aromatic heterocycles. The number of carbonyl (C=O) groups is 1. The van der Waals surface area contributed by atoms with E-state index >= 15 is 0 Å². The molecule has 0 radical (unpaired) electrons. The van der Waals surface area contributed by atoms with Gasteiger partial charge in [-0.1, -0.05) is 29.3 Å². The Balaban J connectivity index is 2.70. The molecule has 2 rings (SSSR count). The summed E-state index contributed by atoms with van der Waals surface area (Å²) in [6.45, 7) is 1.34. The lowest BCUT2D eigenvalue weighted by Crippen LogP contribution is -2.40. The number of rotatable bonds is 5. The summed E-state index contributed by atoms with van der Waals surface area (Å²) in [5.74, 6) is -1.94. The Hall–Kier alpha value is -2.37. The standard InChI is InChI=1S/C18H12Cl2F4N2O2/c1-2-28-16(27)17(9-25,7-11-12(19)4-3-5-14(11)21)15-13(20)6-10(8-26-15)18(22,23)24/h3-6,8H,2,7H2,1H3. The van der Waals surface area contributed by atoms with Crippen molar-refractivity contribution >= 4 is 29.2 Å². The number of hydrogen-bond donors (Lipinski definition) is 0. The van der Waals surface area contributed by atoms with Gasteiger partial charge in [-0.05, 0) is 25.1 Å². The molecule has 2 aromatic rings. The van der Waals surface area contributed by atoms with Gasteiger partial charge in [0.15, 0.2) is 0 Å². The van der Waals surface area contributed by atoms with E-state index < -0.39 is 46.1 Å². The number of nitrogens with zero attached hydrogens (tertiary/aromatic N) is 2. The highest BCUT2D eigenvalue weighted by Crippen LogP contribution is 2.38. The van der Waals surface area contributed by atoms with E-state index in [9.17, 15) is 27.6 Å². The first-order valence-electron chi connectivity index (χ1n) is 7.81. The van der Waals surface area contributed by atoms with Crippen LogP contribution in [-0.2, 0) is 27.5 Å². The highest BCUT2D eigenvalue weighted by Gasteiger charge is 2.47. The van der Waals surface area contributed by atoms with Crippen LogP contribution in [0.25, 0.3) is 0 Å². The number of benzene rings is 1. The molecule has 1 heterocycles. The Morgan fingerprint density at radius 1 is 1.29 bits per heavy atom. The molecule has 1 unspecified atom stereocenters. The van der Waals surface area contributed by atoms with Crippen LogP contribution in [0.1, 0.15) is 23.7 Å². The van der Waals surface area contributed by atoms with Crippen LogP contribution in [0, 0.1) is 17.1 Å². The largest absolute Gasteiger partial charge is 0.464 e. The molecule has 0 N–H and O–H groups in total. The van der Waals surface area contributed by atoms with Gasteiger partial charge in [0.25, 0.3) is 0 Å². The lowest BCUT2D eigenvalue weighted by atomic mass is 9.79. The fraction of sp³-hybridized carbons (Fsp3) is 0.278. The van der Waals surface area contributed by atoms with Crippen molar-refractivity contribution < 1.29 is 27.1 Å². The van der Waals surface area contributed by atoms with Gasteiger partial charge in [-0.2, -0.15) is 18.4 Å². The third-order valence-corrected chi connectivity index (χ3v) is 4.53. The second-order valence-corrected chi connectivity index (χ2v) is 6.48. The molecular weight excluding hydrogens is 423 g/mol. The van der Waals surface area contributed by atoms with Crippen molar-refractivity contribution in [2.45, 2.75) is 24.9 Å². The number of carbonyl (C=O) groups excluding carboxylic acids is 1. The Bertz CT molecular complexity index is 924. The number of ether oxygens (including phenoxy) is 1. The van der Waals surface area contributed by atoms with Gasteiger partial charge in [-0.25, -0.2) is 9.18 Å². The van der Waals surface area contributed by atoms with Crippen molar-refractivity contribution in [2.75, 3.05) is 6.61 Å². The van der Waals surface area contributed by atoms with Crippen LogP contribution in [0.4, 0.5) is 17.6 Å². The summed E-state index contributed by atoms with van der Waals surface area (Å²) in [6, 6.07) is 5.96. The molecule has 4 nitrogen and oxygen atoms in total. The Kier molecular flexibility index (Phi) is 6.52. The second kappa shape index (κ2) is 8.33. The van der Waals surface area contributed by atoms with Crippen LogP contribution in [0.5, 0.6) is 0 Å². The highest BCUT2D eigenvalue weighted by molar-refractivity contribution is 6.32. The van der Waals surface area contributed by atoms with Crippen LogP contribution in [0.3, 0.4) is 0 Å². The number of hydrogen-bond acceptors (Lipinski definition) is 4. The van der Waals surface area contributed by atoms with Crippen LogP contribution < -0.4 is 0 Å². The van der Waals surface area contributed by atoms with Crippen LogP contribution in [-0.4, -0.2) is 17.6 Å². The van der Waals surface area contributed by atoms with E-state index in [1.165, 1.54) is 19.1 Å². The molecule has 0 aliphatic rings. The summed E-state index contributed by atoms with van der Waals surface area (Å²) in [7, 11) is 0. The summed E-state index contributed by atoms with van der Waals surface area (Å²) in [6.07, 6.45) is -4.93. The predicted molar refractivity (Wildman–Crippen MR) is 93.3 cm³/mol. The van der Waals surface area contributed by atoms with Gasteiger partial charge in [-0.3, -0.25) is 4.98 Å². The van der Waals surface area contributed by atoms with Gasteiger partial charge in [0.2, 0.25) is 5.41 Å². The molecule has 0 saturated heterocycles. The number of pyridine rings is 1. The SMILES string of the molecule is CCOC(=O)C(C#N)(Cc1c(F)cccc1Cl)c1ncc(C(F)(F)F)cc1Cl. The Labute approximate surface area is 167 Å². The van der Waals surface area contributed by atoms with Crippen molar-refractivity contribution in [3.05, 3.63) is 63.1 Å². The molecule has 0 fully saturated rings. The summed E-state index contributed by atoms with van der Waals surface area (Å²) in [5, 5.41) is 9.12. The number of nitriles is 1. The zero-order valence-electron chi connectivity index (χ0n) is 14.3. The summed E-state index contributed by atoms with van der Waals surface area (Å²) in [5.41, 5.74) is -4.15. The van der Waals surface area contributed by atoms with Gasteiger partial charge in [0.1, 0.15) is 5.82 Å². The molecule has 28 heavy (non-hydrogen) atoms. The first-order valence-corrected chi connectivity index (χ1v) is 8.57. The molecule has 1 aromatic carbocycles.